The van der Waals surface area contributed by atoms with Gasteiger partial charge < -0.3 is 9.42 Å². The van der Waals surface area contributed by atoms with Gasteiger partial charge >= 0.3 is 0 Å². The molecule has 1 aliphatic rings. The summed E-state index contributed by atoms with van der Waals surface area (Å²) >= 11 is 0. The van der Waals surface area contributed by atoms with Crippen LogP contribution in [0, 0.1) is 6.92 Å². The van der Waals surface area contributed by atoms with Crippen molar-refractivity contribution in [2.24, 2.45) is 0 Å². The number of carbonyl (C=O) groups is 1. The maximum Gasteiger partial charge on any atom is 0.275 e. The van der Waals surface area contributed by atoms with Crippen LogP contribution in [-0.2, 0) is 6.54 Å². The van der Waals surface area contributed by atoms with E-state index in [-0.39, 0.29) is 11.9 Å². The van der Waals surface area contributed by atoms with Crippen LogP contribution in [0.2, 0.25) is 0 Å². The van der Waals surface area contributed by atoms with Gasteiger partial charge in [0.2, 0.25) is 11.7 Å². The molecule has 1 saturated heterocycles. The topological polar surface area (TPSA) is 77.0 Å². The number of carbonyl (C=O) groups excluding carboxylic acids is 1. The molecule has 0 spiro atoms. The molecule has 26 heavy (non-hydrogen) atoms. The third-order valence-corrected chi connectivity index (χ3v) is 4.73. The number of hydrogen-bond donors (Lipinski definition) is 0. The lowest BCUT2D eigenvalue weighted by Crippen LogP contribution is -2.31. The predicted octanol–water partition coefficient (Wildman–Crippen LogP) is 3.24. The Bertz CT molecular complexity index is 912. The Hall–Kier alpha value is -2.96. The van der Waals surface area contributed by atoms with Crippen molar-refractivity contribution in [3.05, 3.63) is 53.7 Å². The van der Waals surface area contributed by atoms with Crippen molar-refractivity contribution in [2.45, 2.75) is 39.3 Å². The van der Waals surface area contributed by atoms with Crippen LogP contribution >= 0.6 is 0 Å². The first-order valence-corrected chi connectivity index (χ1v) is 8.91. The lowest BCUT2D eigenvalue weighted by atomic mass is 10.1. The second kappa shape index (κ2) is 6.74. The molecule has 1 unspecified atom stereocenters. The van der Waals surface area contributed by atoms with E-state index in [1.807, 2.05) is 44.3 Å². The minimum absolute atomic E-state index is 0.0882. The van der Waals surface area contributed by atoms with Gasteiger partial charge in [-0.25, -0.2) is 0 Å². The van der Waals surface area contributed by atoms with Crippen LogP contribution in [0.15, 0.2) is 41.1 Å². The first kappa shape index (κ1) is 16.5. The SMILES string of the molecule is CCn1ccc(C(=O)N2CCCC2c2nc(-c3ccc(C)cc3)no2)n1. The fourth-order valence-corrected chi connectivity index (χ4v) is 3.26. The van der Waals surface area contributed by atoms with Crippen molar-refractivity contribution in [3.63, 3.8) is 0 Å². The van der Waals surface area contributed by atoms with Crippen molar-refractivity contribution in [2.75, 3.05) is 6.54 Å². The smallest absolute Gasteiger partial charge is 0.275 e. The van der Waals surface area contributed by atoms with Crippen molar-refractivity contribution in [3.8, 4) is 11.4 Å². The first-order chi connectivity index (χ1) is 12.7. The molecule has 0 saturated carbocycles. The summed E-state index contributed by atoms with van der Waals surface area (Å²) in [5.74, 6) is 0.950. The van der Waals surface area contributed by atoms with Crippen LogP contribution in [0.5, 0.6) is 0 Å². The Morgan fingerprint density at radius 3 is 2.81 bits per heavy atom. The second-order valence-corrected chi connectivity index (χ2v) is 6.54. The molecule has 7 heteroatoms. The van der Waals surface area contributed by atoms with E-state index in [0.717, 1.165) is 24.9 Å². The second-order valence-electron chi connectivity index (χ2n) is 6.54. The Morgan fingerprint density at radius 2 is 2.08 bits per heavy atom. The Morgan fingerprint density at radius 1 is 1.27 bits per heavy atom. The monoisotopic (exact) mass is 351 g/mol. The molecule has 1 atom stereocenters. The highest BCUT2D eigenvalue weighted by atomic mass is 16.5. The molecular formula is C19H21N5O2. The summed E-state index contributed by atoms with van der Waals surface area (Å²) < 4.78 is 7.25. The molecule has 7 nitrogen and oxygen atoms in total. The molecule has 1 fully saturated rings. The quantitative estimate of drug-likeness (QED) is 0.721. The van der Waals surface area contributed by atoms with E-state index in [9.17, 15) is 4.79 Å². The van der Waals surface area contributed by atoms with E-state index in [0.29, 0.717) is 24.0 Å². The lowest BCUT2D eigenvalue weighted by Gasteiger charge is -2.20. The summed E-state index contributed by atoms with van der Waals surface area (Å²) in [6, 6.07) is 9.53. The van der Waals surface area contributed by atoms with Crippen LogP contribution in [-0.4, -0.2) is 37.3 Å². The zero-order valence-electron chi connectivity index (χ0n) is 14.9. The number of benzene rings is 1. The zero-order valence-corrected chi connectivity index (χ0v) is 14.9. The summed E-state index contributed by atoms with van der Waals surface area (Å²) in [4.78, 5) is 19.2. The molecule has 3 heterocycles. The molecule has 0 radical (unpaired) electrons. The molecular weight excluding hydrogens is 330 g/mol. The predicted molar refractivity (Wildman–Crippen MR) is 95.4 cm³/mol. The van der Waals surface area contributed by atoms with Gasteiger partial charge in [-0.3, -0.25) is 9.48 Å². The van der Waals surface area contributed by atoms with Crippen LogP contribution in [0.1, 0.15) is 47.7 Å². The van der Waals surface area contributed by atoms with Crippen molar-refractivity contribution in [1.29, 1.82) is 0 Å². The number of rotatable bonds is 4. The zero-order chi connectivity index (χ0) is 18.1. The highest BCUT2D eigenvalue weighted by Crippen LogP contribution is 2.33. The molecule has 1 aliphatic heterocycles. The minimum atomic E-state index is -0.194. The van der Waals surface area contributed by atoms with Gasteiger partial charge in [-0.1, -0.05) is 35.0 Å². The minimum Gasteiger partial charge on any atom is -0.337 e. The highest BCUT2D eigenvalue weighted by molar-refractivity contribution is 5.92. The summed E-state index contributed by atoms with van der Waals surface area (Å²) in [6.45, 7) is 5.43. The van der Waals surface area contributed by atoms with E-state index in [1.54, 1.807) is 15.6 Å². The molecule has 3 aromatic rings. The van der Waals surface area contributed by atoms with Gasteiger partial charge in [0.05, 0.1) is 0 Å². The Balaban J connectivity index is 1.57. The lowest BCUT2D eigenvalue weighted by molar-refractivity contribution is 0.0703. The summed E-state index contributed by atoms with van der Waals surface area (Å²) in [5, 5.41) is 8.42. The average Bonchev–Trinajstić information content (AvgIpc) is 3.40. The maximum atomic E-state index is 12.8. The maximum absolute atomic E-state index is 12.8. The number of aryl methyl sites for hydroxylation is 2. The van der Waals surface area contributed by atoms with Crippen LogP contribution in [0.25, 0.3) is 11.4 Å². The van der Waals surface area contributed by atoms with E-state index in [1.165, 1.54) is 5.56 Å². The van der Waals surface area contributed by atoms with E-state index < -0.39 is 0 Å². The van der Waals surface area contributed by atoms with Gasteiger partial charge in [-0.15, -0.1) is 0 Å². The highest BCUT2D eigenvalue weighted by Gasteiger charge is 2.35. The molecule has 1 aromatic carbocycles. The third kappa shape index (κ3) is 3.00. The number of hydrogen-bond acceptors (Lipinski definition) is 5. The molecule has 0 aliphatic carbocycles. The fourth-order valence-electron chi connectivity index (χ4n) is 3.26. The van der Waals surface area contributed by atoms with Crippen molar-refractivity contribution in [1.82, 2.24) is 24.8 Å². The normalized spacial score (nSPS) is 17.0. The number of aromatic nitrogens is 4. The van der Waals surface area contributed by atoms with Gasteiger partial charge in [0, 0.05) is 24.8 Å². The van der Waals surface area contributed by atoms with Crippen LogP contribution < -0.4 is 0 Å². The molecule has 2 aromatic heterocycles. The number of amides is 1. The molecule has 1 amide bonds. The summed E-state index contributed by atoms with van der Waals surface area (Å²) in [7, 11) is 0. The average molecular weight is 351 g/mol. The number of nitrogens with zero attached hydrogens (tertiary/aromatic N) is 5. The van der Waals surface area contributed by atoms with Crippen molar-refractivity contribution < 1.29 is 9.32 Å². The van der Waals surface area contributed by atoms with E-state index in [2.05, 4.69) is 15.2 Å². The Kier molecular flexibility index (Phi) is 4.28. The van der Waals surface area contributed by atoms with E-state index >= 15 is 0 Å². The van der Waals surface area contributed by atoms with E-state index in [4.69, 9.17) is 4.52 Å². The van der Waals surface area contributed by atoms with Gasteiger partial charge in [0.1, 0.15) is 11.7 Å². The van der Waals surface area contributed by atoms with Gasteiger partial charge in [-0.05, 0) is 32.8 Å². The molecule has 134 valence electrons. The Labute approximate surface area is 151 Å². The fraction of sp³-hybridized carbons (Fsp3) is 0.368. The van der Waals surface area contributed by atoms with Gasteiger partial charge in [0.15, 0.2) is 0 Å². The third-order valence-electron chi connectivity index (χ3n) is 4.73. The summed E-state index contributed by atoms with van der Waals surface area (Å²) in [5.41, 5.74) is 2.54. The van der Waals surface area contributed by atoms with Crippen molar-refractivity contribution >= 4 is 5.91 Å². The van der Waals surface area contributed by atoms with Gasteiger partial charge in [0.25, 0.3) is 5.91 Å². The van der Waals surface area contributed by atoms with Crippen LogP contribution in [0.4, 0.5) is 0 Å². The van der Waals surface area contributed by atoms with Crippen LogP contribution in [0.3, 0.4) is 0 Å². The largest absolute Gasteiger partial charge is 0.337 e. The molecule has 4 rings (SSSR count). The standard InChI is InChI=1S/C19H21N5O2/c1-3-23-12-10-15(21-23)19(25)24-11-4-5-16(24)18-20-17(22-26-18)14-8-6-13(2)7-9-14/h6-10,12,16H,3-5,11H2,1-2H3. The molecule has 0 N–H and O–H groups in total. The van der Waals surface area contributed by atoms with Gasteiger partial charge in [-0.2, -0.15) is 10.1 Å². The number of likely N-dealkylation sites (tertiary alicyclic amines) is 1. The first-order valence-electron chi connectivity index (χ1n) is 8.91. The molecule has 0 bridgehead atoms. The summed E-state index contributed by atoms with van der Waals surface area (Å²) in [6.07, 6.45) is 3.55.